The topological polar surface area (TPSA) is 26.0 Å². The smallest absolute Gasteiger partial charge is 0.0349 e. The molecular formula is C11H16BrNS. The van der Waals surface area contributed by atoms with Gasteiger partial charge in [0.15, 0.2) is 0 Å². The summed E-state index contributed by atoms with van der Waals surface area (Å²) in [6, 6.07) is 0. The summed E-state index contributed by atoms with van der Waals surface area (Å²) in [4.78, 5) is 1.48. The zero-order valence-corrected chi connectivity index (χ0v) is 10.9. The number of rotatable bonds is 2. The monoisotopic (exact) mass is 273 g/mol. The standard InChI is InChI=1S/C11H16BrNS/c1-8-6-14-10(9(8)12)11(7-13)4-2-3-5-11/h6H,2-5,7,13H2,1H3. The van der Waals surface area contributed by atoms with Crippen LogP contribution < -0.4 is 5.73 Å². The van der Waals surface area contributed by atoms with Gasteiger partial charge in [-0.3, -0.25) is 0 Å². The van der Waals surface area contributed by atoms with Crippen molar-refractivity contribution >= 4 is 27.3 Å². The van der Waals surface area contributed by atoms with E-state index in [0.717, 1.165) is 6.54 Å². The van der Waals surface area contributed by atoms with Crippen LogP contribution in [0.4, 0.5) is 0 Å². The normalized spacial score (nSPS) is 20.2. The first kappa shape index (κ1) is 10.7. The minimum atomic E-state index is 0.289. The highest BCUT2D eigenvalue weighted by Gasteiger charge is 2.37. The van der Waals surface area contributed by atoms with Crippen LogP contribution in [-0.4, -0.2) is 6.54 Å². The van der Waals surface area contributed by atoms with Crippen LogP contribution >= 0.6 is 27.3 Å². The second-order valence-corrected chi connectivity index (χ2v) is 5.93. The molecule has 1 aromatic heterocycles. The lowest BCUT2D eigenvalue weighted by atomic mass is 9.84. The van der Waals surface area contributed by atoms with E-state index in [1.54, 1.807) is 0 Å². The molecule has 1 saturated carbocycles. The summed E-state index contributed by atoms with van der Waals surface area (Å²) in [6.45, 7) is 2.95. The van der Waals surface area contributed by atoms with Gasteiger partial charge in [-0.1, -0.05) is 12.8 Å². The number of halogens is 1. The third-order valence-corrected chi connectivity index (χ3v) is 5.96. The summed E-state index contributed by atoms with van der Waals surface area (Å²) < 4.78 is 1.30. The van der Waals surface area contributed by atoms with Gasteiger partial charge in [0, 0.05) is 21.3 Å². The zero-order chi connectivity index (χ0) is 10.2. The molecule has 0 atom stereocenters. The Hall–Kier alpha value is 0.140. The van der Waals surface area contributed by atoms with Gasteiger partial charge in [0.05, 0.1) is 0 Å². The maximum Gasteiger partial charge on any atom is 0.0349 e. The first-order valence-electron chi connectivity index (χ1n) is 5.14. The molecular weight excluding hydrogens is 258 g/mol. The molecule has 14 heavy (non-hydrogen) atoms. The van der Waals surface area contributed by atoms with Gasteiger partial charge in [-0.05, 0) is 46.6 Å². The van der Waals surface area contributed by atoms with Crippen LogP contribution in [0.15, 0.2) is 9.85 Å². The Kier molecular flexibility index (Phi) is 3.01. The van der Waals surface area contributed by atoms with E-state index in [9.17, 15) is 0 Å². The Labute approximate surface area is 97.8 Å². The summed E-state index contributed by atoms with van der Waals surface area (Å²) in [5.41, 5.74) is 7.61. The van der Waals surface area contributed by atoms with E-state index in [2.05, 4.69) is 28.2 Å². The van der Waals surface area contributed by atoms with Gasteiger partial charge in [0.1, 0.15) is 0 Å². The lowest BCUT2D eigenvalue weighted by Crippen LogP contribution is -2.31. The number of aryl methyl sites for hydroxylation is 1. The fourth-order valence-corrected chi connectivity index (χ4v) is 4.54. The van der Waals surface area contributed by atoms with Crippen molar-refractivity contribution in [2.75, 3.05) is 6.54 Å². The first-order chi connectivity index (χ1) is 6.69. The van der Waals surface area contributed by atoms with Crippen molar-refractivity contribution in [3.63, 3.8) is 0 Å². The van der Waals surface area contributed by atoms with E-state index in [4.69, 9.17) is 5.73 Å². The van der Waals surface area contributed by atoms with Gasteiger partial charge in [0.25, 0.3) is 0 Å². The quantitative estimate of drug-likeness (QED) is 0.876. The highest BCUT2D eigenvalue weighted by molar-refractivity contribution is 9.10. The van der Waals surface area contributed by atoms with Crippen molar-refractivity contribution in [2.45, 2.75) is 38.0 Å². The van der Waals surface area contributed by atoms with Crippen LogP contribution in [0.3, 0.4) is 0 Å². The SMILES string of the molecule is Cc1csc(C2(CN)CCCC2)c1Br. The molecule has 1 heterocycles. The number of nitrogens with two attached hydrogens (primary N) is 1. The third-order valence-electron chi connectivity index (χ3n) is 3.33. The molecule has 0 bridgehead atoms. The Morgan fingerprint density at radius 3 is 2.57 bits per heavy atom. The molecule has 0 aliphatic heterocycles. The molecule has 0 spiro atoms. The fourth-order valence-electron chi connectivity index (χ4n) is 2.36. The molecule has 0 aromatic carbocycles. The van der Waals surface area contributed by atoms with E-state index in [0.29, 0.717) is 0 Å². The predicted molar refractivity (Wildman–Crippen MR) is 66.0 cm³/mol. The number of hydrogen-bond donors (Lipinski definition) is 1. The lowest BCUT2D eigenvalue weighted by molar-refractivity contribution is 0.460. The largest absolute Gasteiger partial charge is 0.330 e. The first-order valence-corrected chi connectivity index (χ1v) is 6.81. The Bertz CT molecular complexity index is 326. The van der Waals surface area contributed by atoms with Gasteiger partial charge in [-0.25, -0.2) is 0 Å². The molecule has 0 amide bonds. The van der Waals surface area contributed by atoms with Crippen molar-refractivity contribution in [1.82, 2.24) is 0 Å². The van der Waals surface area contributed by atoms with Gasteiger partial charge in [-0.15, -0.1) is 11.3 Å². The van der Waals surface area contributed by atoms with Gasteiger partial charge in [0.2, 0.25) is 0 Å². The van der Waals surface area contributed by atoms with Gasteiger partial charge >= 0.3 is 0 Å². The molecule has 1 aromatic rings. The Balaban J connectivity index is 2.40. The van der Waals surface area contributed by atoms with Crippen LogP contribution in [0.25, 0.3) is 0 Å². The fraction of sp³-hybridized carbons (Fsp3) is 0.636. The summed E-state index contributed by atoms with van der Waals surface area (Å²) in [5, 5.41) is 2.23. The third kappa shape index (κ3) is 1.55. The molecule has 1 aliphatic rings. The minimum absolute atomic E-state index is 0.289. The molecule has 0 radical (unpaired) electrons. The van der Waals surface area contributed by atoms with Gasteiger partial charge < -0.3 is 5.73 Å². The summed E-state index contributed by atoms with van der Waals surface area (Å²) in [7, 11) is 0. The molecule has 2 rings (SSSR count). The average Bonchev–Trinajstić information content (AvgIpc) is 2.77. The van der Waals surface area contributed by atoms with Crippen LogP contribution in [0.5, 0.6) is 0 Å². The summed E-state index contributed by atoms with van der Waals surface area (Å²) >= 11 is 5.56. The van der Waals surface area contributed by atoms with Crippen LogP contribution in [0, 0.1) is 6.92 Å². The molecule has 1 fully saturated rings. The van der Waals surface area contributed by atoms with E-state index >= 15 is 0 Å². The Morgan fingerprint density at radius 1 is 1.50 bits per heavy atom. The molecule has 1 nitrogen and oxygen atoms in total. The lowest BCUT2D eigenvalue weighted by Gasteiger charge is -2.26. The van der Waals surface area contributed by atoms with Crippen molar-refractivity contribution in [3.05, 3.63) is 20.3 Å². The maximum atomic E-state index is 5.96. The molecule has 3 heteroatoms. The van der Waals surface area contributed by atoms with E-state index in [-0.39, 0.29) is 5.41 Å². The number of thiophene rings is 1. The van der Waals surface area contributed by atoms with Crippen LogP contribution in [0.1, 0.15) is 36.1 Å². The second-order valence-electron chi connectivity index (χ2n) is 4.25. The van der Waals surface area contributed by atoms with Crippen molar-refractivity contribution in [2.24, 2.45) is 5.73 Å². The summed E-state index contributed by atoms with van der Waals surface area (Å²) in [5.74, 6) is 0. The maximum absolute atomic E-state index is 5.96. The predicted octanol–water partition coefficient (Wildman–Crippen LogP) is 3.59. The Morgan fingerprint density at radius 2 is 2.14 bits per heavy atom. The van der Waals surface area contributed by atoms with Crippen molar-refractivity contribution in [1.29, 1.82) is 0 Å². The van der Waals surface area contributed by atoms with Crippen LogP contribution in [-0.2, 0) is 5.41 Å². The molecule has 0 unspecified atom stereocenters. The van der Waals surface area contributed by atoms with Crippen molar-refractivity contribution in [3.8, 4) is 0 Å². The number of hydrogen-bond acceptors (Lipinski definition) is 2. The molecule has 1 aliphatic carbocycles. The molecule has 0 saturated heterocycles. The van der Waals surface area contributed by atoms with E-state index in [1.807, 2.05) is 11.3 Å². The van der Waals surface area contributed by atoms with Gasteiger partial charge in [-0.2, -0.15) is 0 Å². The highest BCUT2D eigenvalue weighted by Crippen LogP contribution is 2.46. The van der Waals surface area contributed by atoms with Crippen molar-refractivity contribution < 1.29 is 0 Å². The minimum Gasteiger partial charge on any atom is -0.330 e. The van der Waals surface area contributed by atoms with Crippen LogP contribution in [0.2, 0.25) is 0 Å². The molecule has 2 N–H and O–H groups in total. The highest BCUT2D eigenvalue weighted by atomic mass is 79.9. The van der Waals surface area contributed by atoms with E-state index in [1.165, 1.54) is 40.6 Å². The summed E-state index contributed by atoms with van der Waals surface area (Å²) in [6.07, 6.45) is 5.20. The average molecular weight is 274 g/mol. The zero-order valence-electron chi connectivity index (χ0n) is 8.48. The molecule has 78 valence electrons. The second kappa shape index (κ2) is 3.95. The van der Waals surface area contributed by atoms with E-state index < -0.39 is 0 Å².